The maximum Gasteiger partial charge on any atom is 0.0739 e. The van der Waals surface area contributed by atoms with Crippen molar-refractivity contribution >= 4 is 27.7 Å². The molecule has 2 rings (SSSR count). The van der Waals surface area contributed by atoms with E-state index in [9.17, 15) is 0 Å². The second kappa shape index (κ2) is 5.56. The minimum atomic E-state index is 0.667. The van der Waals surface area contributed by atoms with Crippen LogP contribution >= 0.6 is 27.7 Å². The Kier molecular flexibility index (Phi) is 4.33. The molecule has 0 amide bonds. The highest BCUT2D eigenvalue weighted by atomic mass is 79.9. The average Bonchev–Trinajstić information content (AvgIpc) is 2.53. The fourth-order valence-corrected chi connectivity index (χ4v) is 3.60. The molecule has 1 unspecified atom stereocenters. The molecule has 1 aromatic heterocycles. The van der Waals surface area contributed by atoms with E-state index in [-0.39, 0.29) is 0 Å². The summed E-state index contributed by atoms with van der Waals surface area (Å²) in [4.78, 5) is 0. The van der Waals surface area contributed by atoms with E-state index in [4.69, 9.17) is 0 Å². The summed E-state index contributed by atoms with van der Waals surface area (Å²) in [5, 5.41) is 8.02. The first-order valence-electron chi connectivity index (χ1n) is 5.67. The minimum absolute atomic E-state index is 0.667. The standard InChI is InChI=1S/C11H18BrN3S/c1-8-11(12)10(15(2)14-8)6-13-9-4-3-5-16-7-9/h9,13H,3-7H2,1-2H3. The van der Waals surface area contributed by atoms with Crippen molar-refractivity contribution in [2.45, 2.75) is 32.4 Å². The van der Waals surface area contributed by atoms with E-state index in [2.05, 4.69) is 38.1 Å². The lowest BCUT2D eigenvalue weighted by Crippen LogP contribution is -2.33. The average molecular weight is 304 g/mol. The van der Waals surface area contributed by atoms with Gasteiger partial charge in [-0.1, -0.05) is 0 Å². The summed E-state index contributed by atoms with van der Waals surface area (Å²) >= 11 is 5.65. The fraction of sp³-hybridized carbons (Fsp3) is 0.727. The zero-order chi connectivity index (χ0) is 11.5. The molecule has 1 atom stereocenters. The van der Waals surface area contributed by atoms with Crippen LogP contribution in [-0.2, 0) is 13.6 Å². The van der Waals surface area contributed by atoms with Gasteiger partial charge in [0, 0.05) is 25.4 Å². The topological polar surface area (TPSA) is 29.9 Å². The minimum Gasteiger partial charge on any atom is -0.308 e. The van der Waals surface area contributed by atoms with Crippen LogP contribution in [0.4, 0.5) is 0 Å². The van der Waals surface area contributed by atoms with Crippen LogP contribution in [0.5, 0.6) is 0 Å². The molecule has 16 heavy (non-hydrogen) atoms. The van der Waals surface area contributed by atoms with Gasteiger partial charge in [-0.15, -0.1) is 0 Å². The number of nitrogens with one attached hydrogen (secondary N) is 1. The third kappa shape index (κ3) is 2.81. The second-order valence-electron chi connectivity index (χ2n) is 4.26. The molecule has 1 aliphatic heterocycles. The maximum atomic E-state index is 4.40. The maximum absolute atomic E-state index is 4.40. The number of hydrogen-bond acceptors (Lipinski definition) is 3. The molecule has 1 N–H and O–H groups in total. The molecule has 0 saturated carbocycles. The second-order valence-corrected chi connectivity index (χ2v) is 6.21. The first kappa shape index (κ1) is 12.5. The van der Waals surface area contributed by atoms with Crippen molar-refractivity contribution in [1.29, 1.82) is 0 Å². The third-order valence-electron chi connectivity index (χ3n) is 2.98. The predicted octanol–water partition coefficient (Wildman–Crippen LogP) is 2.48. The summed E-state index contributed by atoms with van der Waals surface area (Å²) in [6, 6.07) is 0.667. The number of aromatic nitrogens is 2. The number of aryl methyl sites for hydroxylation is 2. The van der Waals surface area contributed by atoms with Gasteiger partial charge in [-0.2, -0.15) is 16.9 Å². The first-order valence-corrected chi connectivity index (χ1v) is 7.62. The molecule has 5 heteroatoms. The van der Waals surface area contributed by atoms with E-state index < -0.39 is 0 Å². The Labute approximate surface area is 109 Å². The van der Waals surface area contributed by atoms with Gasteiger partial charge in [0.25, 0.3) is 0 Å². The number of thioether (sulfide) groups is 1. The summed E-state index contributed by atoms with van der Waals surface area (Å²) in [6.45, 7) is 2.94. The molecule has 0 radical (unpaired) electrons. The summed E-state index contributed by atoms with van der Waals surface area (Å²) in [6.07, 6.45) is 2.65. The summed E-state index contributed by atoms with van der Waals surface area (Å²) in [7, 11) is 2.00. The smallest absolute Gasteiger partial charge is 0.0739 e. The fourth-order valence-electron chi connectivity index (χ4n) is 2.01. The van der Waals surface area contributed by atoms with Gasteiger partial charge in [0.2, 0.25) is 0 Å². The first-order chi connectivity index (χ1) is 7.68. The van der Waals surface area contributed by atoms with Gasteiger partial charge in [0.15, 0.2) is 0 Å². The van der Waals surface area contributed by atoms with Crippen LogP contribution < -0.4 is 5.32 Å². The summed E-state index contributed by atoms with van der Waals surface area (Å²) in [5.41, 5.74) is 2.31. The van der Waals surface area contributed by atoms with Gasteiger partial charge in [-0.3, -0.25) is 4.68 Å². The van der Waals surface area contributed by atoms with Gasteiger partial charge < -0.3 is 5.32 Å². The zero-order valence-corrected chi connectivity index (χ0v) is 12.2. The quantitative estimate of drug-likeness (QED) is 0.930. The SMILES string of the molecule is Cc1nn(C)c(CNC2CCCSC2)c1Br. The third-order valence-corrected chi connectivity index (χ3v) is 5.23. The molecule has 1 saturated heterocycles. The highest BCUT2D eigenvalue weighted by molar-refractivity contribution is 9.10. The molecule has 2 heterocycles. The number of hydrogen-bond donors (Lipinski definition) is 1. The van der Waals surface area contributed by atoms with Crippen molar-refractivity contribution in [3.63, 3.8) is 0 Å². The molecule has 3 nitrogen and oxygen atoms in total. The monoisotopic (exact) mass is 303 g/mol. The Bertz CT molecular complexity index is 358. The van der Waals surface area contributed by atoms with Crippen molar-refractivity contribution in [2.75, 3.05) is 11.5 Å². The molecule has 0 bridgehead atoms. The Hall–Kier alpha value is -0.000000000000000111. The normalized spacial score (nSPS) is 21.3. The zero-order valence-electron chi connectivity index (χ0n) is 9.79. The molecular weight excluding hydrogens is 286 g/mol. The van der Waals surface area contributed by atoms with Crippen molar-refractivity contribution < 1.29 is 0 Å². The Morgan fingerprint density at radius 1 is 1.62 bits per heavy atom. The van der Waals surface area contributed by atoms with Crippen LogP contribution in [0.2, 0.25) is 0 Å². The Morgan fingerprint density at radius 2 is 2.44 bits per heavy atom. The van der Waals surface area contributed by atoms with Gasteiger partial charge >= 0.3 is 0 Å². The lowest BCUT2D eigenvalue weighted by molar-refractivity contribution is 0.493. The number of nitrogens with zero attached hydrogens (tertiary/aromatic N) is 2. The van der Waals surface area contributed by atoms with Crippen LogP contribution in [0.15, 0.2) is 4.47 Å². The van der Waals surface area contributed by atoms with Crippen molar-refractivity contribution in [1.82, 2.24) is 15.1 Å². The van der Waals surface area contributed by atoms with Crippen LogP contribution in [0.3, 0.4) is 0 Å². The van der Waals surface area contributed by atoms with Crippen molar-refractivity contribution in [3.8, 4) is 0 Å². The van der Waals surface area contributed by atoms with Gasteiger partial charge in [0.05, 0.1) is 15.9 Å². The molecular formula is C11H18BrN3S. The van der Waals surface area contributed by atoms with E-state index in [0.29, 0.717) is 6.04 Å². The van der Waals surface area contributed by atoms with E-state index >= 15 is 0 Å². The van der Waals surface area contributed by atoms with E-state index in [0.717, 1.165) is 16.7 Å². The summed E-state index contributed by atoms with van der Waals surface area (Å²) in [5.74, 6) is 2.57. The van der Waals surface area contributed by atoms with Crippen LogP contribution in [0.1, 0.15) is 24.2 Å². The van der Waals surface area contributed by atoms with Gasteiger partial charge in [0.1, 0.15) is 0 Å². The van der Waals surface area contributed by atoms with E-state index in [1.165, 1.54) is 30.0 Å². The molecule has 1 fully saturated rings. The van der Waals surface area contributed by atoms with E-state index in [1.807, 2.05) is 18.7 Å². The van der Waals surface area contributed by atoms with Crippen LogP contribution in [0, 0.1) is 6.92 Å². The van der Waals surface area contributed by atoms with E-state index in [1.54, 1.807) is 0 Å². The van der Waals surface area contributed by atoms with Crippen molar-refractivity contribution in [3.05, 3.63) is 15.9 Å². The van der Waals surface area contributed by atoms with Gasteiger partial charge in [-0.05, 0) is 41.4 Å². The largest absolute Gasteiger partial charge is 0.308 e. The molecule has 0 aromatic carbocycles. The Morgan fingerprint density at radius 3 is 3.00 bits per heavy atom. The van der Waals surface area contributed by atoms with Crippen molar-refractivity contribution in [2.24, 2.45) is 7.05 Å². The lowest BCUT2D eigenvalue weighted by Gasteiger charge is -2.22. The highest BCUT2D eigenvalue weighted by Gasteiger charge is 2.15. The summed E-state index contributed by atoms with van der Waals surface area (Å²) < 4.78 is 3.11. The molecule has 1 aromatic rings. The molecule has 90 valence electrons. The number of rotatable bonds is 3. The van der Waals surface area contributed by atoms with Crippen LogP contribution in [-0.4, -0.2) is 27.3 Å². The highest BCUT2D eigenvalue weighted by Crippen LogP contribution is 2.21. The molecule has 0 aliphatic carbocycles. The molecule has 1 aliphatic rings. The number of halogens is 1. The van der Waals surface area contributed by atoms with Crippen LogP contribution in [0.25, 0.3) is 0 Å². The lowest BCUT2D eigenvalue weighted by atomic mass is 10.2. The van der Waals surface area contributed by atoms with Gasteiger partial charge in [-0.25, -0.2) is 0 Å². The Balaban J connectivity index is 1.93. The molecule has 0 spiro atoms. The predicted molar refractivity (Wildman–Crippen MR) is 72.8 cm³/mol.